The zero-order valence-electron chi connectivity index (χ0n) is 17.8. The summed E-state index contributed by atoms with van der Waals surface area (Å²) < 4.78 is 11.4. The van der Waals surface area contributed by atoms with Crippen LogP contribution >= 0.6 is 0 Å². The van der Waals surface area contributed by atoms with Gasteiger partial charge in [0.15, 0.2) is 0 Å². The summed E-state index contributed by atoms with van der Waals surface area (Å²) in [6, 6.07) is 12.6. The Bertz CT molecular complexity index is 1000. The van der Waals surface area contributed by atoms with Gasteiger partial charge in [0, 0.05) is 50.5 Å². The molecule has 7 heteroatoms. The van der Waals surface area contributed by atoms with Crippen molar-refractivity contribution in [2.75, 3.05) is 57.5 Å². The number of ether oxygens (including phenoxy) is 2. The summed E-state index contributed by atoms with van der Waals surface area (Å²) in [4.78, 5) is 18.6. The van der Waals surface area contributed by atoms with Gasteiger partial charge in [-0.15, -0.1) is 0 Å². The van der Waals surface area contributed by atoms with Crippen LogP contribution in [0, 0.1) is 5.92 Å². The first-order chi connectivity index (χ1) is 15.3. The van der Waals surface area contributed by atoms with Crippen LogP contribution in [0.5, 0.6) is 0 Å². The average Bonchev–Trinajstić information content (AvgIpc) is 3.05. The molecule has 2 aliphatic rings. The number of hydrogen-bond donors (Lipinski definition) is 0. The number of fused-ring (bicyclic) bond motifs is 1. The van der Waals surface area contributed by atoms with Crippen molar-refractivity contribution in [3.63, 3.8) is 0 Å². The monoisotopic (exact) mass is 419 g/mol. The fraction of sp³-hybridized carbons (Fsp3) is 0.458. The first-order valence-corrected chi connectivity index (χ1v) is 11.1. The molecular formula is C24H29N5O2. The molecule has 0 saturated carbocycles. The minimum Gasteiger partial charge on any atom is -0.380 e. The van der Waals surface area contributed by atoms with Crippen molar-refractivity contribution in [1.29, 1.82) is 0 Å². The van der Waals surface area contributed by atoms with E-state index < -0.39 is 0 Å². The lowest BCUT2D eigenvalue weighted by Gasteiger charge is -2.27. The van der Waals surface area contributed by atoms with Crippen LogP contribution in [0.1, 0.15) is 11.3 Å². The van der Waals surface area contributed by atoms with Crippen LogP contribution in [0.25, 0.3) is 10.9 Å². The molecule has 0 N–H and O–H groups in total. The Hall–Kier alpha value is -2.61. The molecule has 4 heterocycles. The van der Waals surface area contributed by atoms with Crippen LogP contribution in [-0.4, -0.2) is 72.5 Å². The largest absolute Gasteiger partial charge is 0.380 e. The third-order valence-electron chi connectivity index (χ3n) is 6.03. The predicted molar refractivity (Wildman–Crippen MR) is 120 cm³/mol. The Balaban J connectivity index is 1.27. The van der Waals surface area contributed by atoms with E-state index in [1.165, 1.54) is 10.9 Å². The molecule has 5 rings (SSSR count). The van der Waals surface area contributed by atoms with Crippen LogP contribution in [0.15, 0.2) is 48.8 Å². The lowest BCUT2D eigenvalue weighted by atomic mass is 9.97. The van der Waals surface area contributed by atoms with Gasteiger partial charge in [0.2, 0.25) is 5.95 Å². The molecule has 7 nitrogen and oxygen atoms in total. The predicted octanol–water partition coefficient (Wildman–Crippen LogP) is 2.55. The zero-order chi connectivity index (χ0) is 20.9. The quantitative estimate of drug-likeness (QED) is 0.630. The molecule has 162 valence electrons. The maximum Gasteiger partial charge on any atom is 0.225 e. The van der Waals surface area contributed by atoms with E-state index in [1.54, 1.807) is 0 Å². The van der Waals surface area contributed by atoms with Gasteiger partial charge in [0.05, 0.1) is 37.6 Å². The van der Waals surface area contributed by atoms with Crippen LogP contribution in [0.4, 0.5) is 5.95 Å². The lowest BCUT2D eigenvalue weighted by molar-refractivity contribution is 0.121. The summed E-state index contributed by atoms with van der Waals surface area (Å²) in [6.45, 7) is 7.43. The molecular weight excluding hydrogens is 390 g/mol. The molecule has 2 saturated heterocycles. The first kappa shape index (κ1) is 20.3. The number of para-hydroxylation sites is 1. The van der Waals surface area contributed by atoms with Crippen molar-refractivity contribution in [2.24, 2.45) is 5.92 Å². The summed E-state index contributed by atoms with van der Waals surface area (Å²) >= 11 is 0. The second-order valence-electron chi connectivity index (χ2n) is 8.32. The summed E-state index contributed by atoms with van der Waals surface area (Å²) in [7, 11) is 0. The minimum absolute atomic E-state index is 0.427. The number of rotatable bonds is 5. The molecule has 3 aromatic rings. The molecule has 0 spiro atoms. The second kappa shape index (κ2) is 9.68. The fourth-order valence-electron chi connectivity index (χ4n) is 4.48. The van der Waals surface area contributed by atoms with Gasteiger partial charge in [-0.1, -0.05) is 24.3 Å². The normalized spacial score (nSPS) is 20.6. The van der Waals surface area contributed by atoms with Gasteiger partial charge in [-0.2, -0.15) is 0 Å². The third kappa shape index (κ3) is 5.01. The number of pyridine rings is 1. The molecule has 1 aromatic carbocycles. The van der Waals surface area contributed by atoms with Crippen molar-refractivity contribution < 1.29 is 9.47 Å². The highest BCUT2D eigenvalue weighted by molar-refractivity contribution is 5.81. The number of benzene rings is 1. The first-order valence-electron chi connectivity index (χ1n) is 11.1. The van der Waals surface area contributed by atoms with Crippen molar-refractivity contribution >= 4 is 16.9 Å². The summed E-state index contributed by atoms with van der Waals surface area (Å²) in [5.74, 6) is 1.24. The summed E-state index contributed by atoms with van der Waals surface area (Å²) in [5, 5.41) is 1.20. The molecule has 0 radical (unpaired) electrons. The number of aromatic nitrogens is 3. The Morgan fingerprint density at radius 1 is 0.903 bits per heavy atom. The van der Waals surface area contributed by atoms with Crippen molar-refractivity contribution in [3.05, 3.63) is 60.0 Å². The van der Waals surface area contributed by atoms with E-state index in [4.69, 9.17) is 14.5 Å². The molecule has 2 fully saturated rings. The molecule has 2 aliphatic heterocycles. The number of nitrogens with zero attached hydrogens (tertiary/aromatic N) is 5. The van der Waals surface area contributed by atoms with E-state index in [-0.39, 0.29) is 0 Å². The van der Waals surface area contributed by atoms with Crippen LogP contribution in [-0.2, 0) is 22.4 Å². The van der Waals surface area contributed by atoms with E-state index in [9.17, 15) is 0 Å². The molecule has 0 amide bonds. The van der Waals surface area contributed by atoms with Crippen LogP contribution in [0.2, 0.25) is 0 Å². The topological polar surface area (TPSA) is 63.6 Å². The highest BCUT2D eigenvalue weighted by atomic mass is 16.5. The third-order valence-corrected chi connectivity index (χ3v) is 6.03. The van der Waals surface area contributed by atoms with Gasteiger partial charge in [-0.25, -0.2) is 9.97 Å². The summed E-state index contributed by atoms with van der Waals surface area (Å²) in [6.07, 6.45) is 4.72. The van der Waals surface area contributed by atoms with Gasteiger partial charge in [-0.05, 0) is 30.0 Å². The minimum atomic E-state index is 0.427. The fourth-order valence-corrected chi connectivity index (χ4v) is 4.48. The summed E-state index contributed by atoms with van der Waals surface area (Å²) in [5.41, 5.74) is 3.46. The van der Waals surface area contributed by atoms with E-state index in [2.05, 4.69) is 44.0 Å². The van der Waals surface area contributed by atoms with Crippen LogP contribution in [0.3, 0.4) is 0 Å². The molecule has 1 atom stereocenters. The second-order valence-corrected chi connectivity index (χ2v) is 8.32. The SMILES string of the molecule is c1cnc2c(C[C@H]3COCCN(Cc4ccnc(N5CCOCC5)n4)C3)cccc2c1. The Labute approximate surface area is 183 Å². The molecule has 2 aromatic heterocycles. The average molecular weight is 420 g/mol. The van der Waals surface area contributed by atoms with Crippen molar-refractivity contribution in [2.45, 2.75) is 13.0 Å². The molecule has 0 aliphatic carbocycles. The Morgan fingerprint density at radius 3 is 2.71 bits per heavy atom. The highest BCUT2D eigenvalue weighted by Crippen LogP contribution is 2.22. The number of anilines is 1. The standard InChI is InChI=1S/C24H29N5O2/c1-3-20-5-2-7-25-23(20)21(4-1)15-19-16-28(9-12-31-18-19)17-22-6-8-26-24(27-22)29-10-13-30-14-11-29/h1-8,19H,9-18H2/t19-/m1/s1. The highest BCUT2D eigenvalue weighted by Gasteiger charge is 2.21. The van der Waals surface area contributed by atoms with Gasteiger partial charge in [-0.3, -0.25) is 9.88 Å². The molecule has 0 unspecified atom stereocenters. The van der Waals surface area contributed by atoms with Crippen molar-refractivity contribution in [1.82, 2.24) is 19.9 Å². The van der Waals surface area contributed by atoms with E-state index in [0.717, 1.165) is 82.7 Å². The Kier molecular flexibility index (Phi) is 6.34. The van der Waals surface area contributed by atoms with E-state index in [0.29, 0.717) is 5.92 Å². The lowest BCUT2D eigenvalue weighted by Crippen LogP contribution is -2.37. The van der Waals surface area contributed by atoms with E-state index >= 15 is 0 Å². The van der Waals surface area contributed by atoms with Gasteiger partial charge >= 0.3 is 0 Å². The van der Waals surface area contributed by atoms with Crippen LogP contribution < -0.4 is 4.90 Å². The zero-order valence-corrected chi connectivity index (χ0v) is 17.8. The number of hydrogen-bond acceptors (Lipinski definition) is 7. The van der Waals surface area contributed by atoms with Gasteiger partial charge in [0.25, 0.3) is 0 Å². The van der Waals surface area contributed by atoms with Crippen molar-refractivity contribution in [3.8, 4) is 0 Å². The molecule has 31 heavy (non-hydrogen) atoms. The van der Waals surface area contributed by atoms with Gasteiger partial charge < -0.3 is 14.4 Å². The van der Waals surface area contributed by atoms with E-state index in [1.807, 2.05) is 24.5 Å². The van der Waals surface area contributed by atoms with Gasteiger partial charge in [0.1, 0.15) is 0 Å². The Morgan fingerprint density at radius 2 is 1.77 bits per heavy atom. The maximum absolute atomic E-state index is 5.96. The smallest absolute Gasteiger partial charge is 0.225 e. The maximum atomic E-state index is 5.96. The number of morpholine rings is 1. The molecule has 0 bridgehead atoms.